The van der Waals surface area contributed by atoms with E-state index < -0.39 is 11.7 Å². The lowest BCUT2D eigenvalue weighted by molar-refractivity contribution is 0.114. The van der Waals surface area contributed by atoms with Crippen LogP contribution in [0.15, 0.2) is 75.6 Å². The molecule has 8 nitrogen and oxygen atoms in total. The first-order valence-corrected chi connectivity index (χ1v) is 9.49. The summed E-state index contributed by atoms with van der Waals surface area (Å²) in [4.78, 5) is 42.9. The van der Waals surface area contributed by atoms with Gasteiger partial charge < -0.3 is 5.32 Å². The lowest BCUT2D eigenvalue weighted by atomic mass is 10.2. The Balaban J connectivity index is 1.86. The van der Waals surface area contributed by atoms with E-state index in [0.29, 0.717) is 27.3 Å². The van der Waals surface area contributed by atoms with Crippen LogP contribution in [0.25, 0.3) is 21.6 Å². The first-order valence-electron chi connectivity index (χ1n) is 8.61. The number of rotatable bonds is 4. The number of benzene rings is 2. The summed E-state index contributed by atoms with van der Waals surface area (Å²) >= 11 is 1.32. The molecule has 2 aromatic carbocycles. The predicted octanol–water partition coefficient (Wildman–Crippen LogP) is 2.89. The Hall–Kier alpha value is -3.69. The second-order valence-electron chi connectivity index (χ2n) is 6.04. The topological polar surface area (TPSA) is 94.4 Å². The number of nitrogens with one attached hydrogen (secondary N) is 2. The number of para-hydroxylation sites is 1. The fourth-order valence-electron chi connectivity index (χ4n) is 3.01. The highest BCUT2D eigenvalue weighted by atomic mass is 32.1. The molecule has 0 saturated carbocycles. The summed E-state index contributed by atoms with van der Waals surface area (Å²) < 4.78 is 2.65. The van der Waals surface area contributed by atoms with Gasteiger partial charge in [0, 0.05) is 5.69 Å². The molecule has 0 aliphatic carbocycles. The van der Waals surface area contributed by atoms with Crippen LogP contribution in [0.2, 0.25) is 0 Å². The number of amides is 2. The smallest absolute Gasteiger partial charge is 0.306 e. The van der Waals surface area contributed by atoms with Crippen molar-refractivity contribution < 1.29 is 9.63 Å². The van der Waals surface area contributed by atoms with Gasteiger partial charge in [-0.05, 0) is 47.8 Å². The molecule has 0 saturated heterocycles. The molecule has 4 aromatic rings. The number of thiophene rings is 1. The SMILES string of the molecule is CONC(=O)Nc1ccc(-n2c(=O)n(-c3ccccc3)c(=O)c3ccsc32)cc1. The number of urea groups is 1. The third kappa shape index (κ3) is 3.44. The average molecular weight is 408 g/mol. The zero-order valence-electron chi connectivity index (χ0n) is 15.3. The van der Waals surface area contributed by atoms with E-state index in [-0.39, 0.29) is 5.56 Å². The average Bonchev–Trinajstić information content (AvgIpc) is 3.20. The Morgan fingerprint density at radius 1 is 0.931 bits per heavy atom. The summed E-state index contributed by atoms with van der Waals surface area (Å²) in [7, 11) is 1.34. The van der Waals surface area contributed by atoms with Gasteiger partial charge in [0.2, 0.25) is 0 Å². The number of aromatic nitrogens is 2. The molecule has 29 heavy (non-hydrogen) atoms. The summed E-state index contributed by atoms with van der Waals surface area (Å²) in [5.41, 5.74) is 2.93. The Morgan fingerprint density at radius 2 is 1.62 bits per heavy atom. The monoisotopic (exact) mass is 408 g/mol. The molecule has 0 bridgehead atoms. The predicted molar refractivity (Wildman–Crippen MR) is 112 cm³/mol. The van der Waals surface area contributed by atoms with Crippen LogP contribution < -0.4 is 22.0 Å². The number of hydroxylamine groups is 1. The maximum atomic E-state index is 13.3. The zero-order valence-corrected chi connectivity index (χ0v) is 16.1. The van der Waals surface area contributed by atoms with Crippen molar-refractivity contribution in [3.63, 3.8) is 0 Å². The lowest BCUT2D eigenvalue weighted by Gasteiger charge is -2.13. The molecule has 0 radical (unpaired) electrons. The van der Waals surface area contributed by atoms with Crippen molar-refractivity contribution in [3.8, 4) is 11.4 Å². The quantitative estimate of drug-likeness (QED) is 0.508. The molecular formula is C20H16N4O4S. The van der Waals surface area contributed by atoms with Crippen molar-refractivity contribution in [2.24, 2.45) is 0 Å². The Morgan fingerprint density at radius 3 is 2.31 bits per heavy atom. The first kappa shape index (κ1) is 18.7. The maximum Gasteiger partial charge on any atom is 0.343 e. The molecule has 0 spiro atoms. The lowest BCUT2D eigenvalue weighted by Crippen LogP contribution is -2.37. The second-order valence-corrected chi connectivity index (χ2v) is 6.94. The molecule has 0 aliphatic heterocycles. The molecule has 2 N–H and O–H groups in total. The summed E-state index contributed by atoms with van der Waals surface area (Å²) in [5.74, 6) is 0. The minimum absolute atomic E-state index is 0.358. The first-order chi connectivity index (χ1) is 14.1. The fraction of sp³-hybridized carbons (Fsp3) is 0.0500. The van der Waals surface area contributed by atoms with Crippen molar-refractivity contribution in [1.29, 1.82) is 0 Å². The molecule has 0 aliphatic rings. The number of hydrogen-bond acceptors (Lipinski definition) is 5. The molecule has 4 rings (SSSR count). The van der Waals surface area contributed by atoms with Crippen LogP contribution in [-0.4, -0.2) is 22.3 Å². The van der Waals surface area contributed by atoms with Gasteiger partial charge in [-0.25, -0.2) is 19.6 Å². The van der Waals surface area contributed by atoms with Gasteiger partial charge in [-0.2, -0.15) is 0 Å². The molecule has 9 heteroatoms. The minimum atomic E-state index is -0.518. The molecule has 0 unspecified atom stereocenters. The Bertz CT molecular complexity index is 1290. The number of anilines is 1. The Labute approximate surface area is 168 Å². The zero-order chi connectivity index (χ0) is 20.4. The van der Waals surface area contributed by atoms with Gasteiger partial charge in [-0.3, -0.25) is 14.2 Å². The molecule has 146 valence electrons. The number of hydrogen-bond donors (Lipinski definition) is 2. The molecule has 2 aromatic heterocycles. The van der Waals surface area contributed by atoms with E-state index in [2.05, 4.69) is 15.6 Å². The van der Waals surface area contributed by atoms with E-state index in [1.807, 2.05) is 6.07 Å². The van der Waals surface area contributed by atoms with Crippen LogP contribution in [0.1, 0.15) is 0 Å². The highest BCUT2D eigenvalue weighted by molar-refractivity contribution is 7.16. The standard InChI is InChI=1S/C20H16N4O4S/c1-28-22-19(26)21-13-7-9-15(10-8-13)24-18-16(11-12-29-18)17(25)23(20(24)27)14-5-3-2-4-6-14/h2-12H,1H3,(H2,21,22,26). The third-order valence-electron chi connectivity index (χ3n) is 4.26. The highest BCUT2D eigenvalue weighted by Crippen LogP contribution is 2.21. The number of nitrogens with zero attached hydrogens (tertiary/aromatic N) is 2. The van der Waals surface area contributed by atoms with E-state index in [4.69, 9.17) is 0 Å². The van der Waals surface area contributed by atoms with E-state index in [1.165, 1.54) is 23.0 Å². The van der Waals surface area contributed by atoms with E-state index in [1.54, 1.807) is 60.0 Å². The van der Waals surface area contributed by atoms with Gasteiger partial charge in [-0.1, -0.05) is 18.2 Å². The van der Waals surface area contributed by atoms with E-state index >= 15 is 0 Å². The van der Waals surface area contributed by atoms with Crippen LogP contribution in [0.5, 0.6) is 0 Å². The Kier molecular flexibility index (Phi) is 4.98. The number of carbonyl (C=O) groups excluding carboxylic acids is 1. The summed E-state index contributed by atoms with van der Waals surface area (Å²) in [6, 6.07) is 16.7. The van der Waals surface area contributed by atoms with Crippen molar-refractivity contribution in [1.82, 2.24) is 14.6 Å². The van der Waals surface area contributed by atoms with Crippen LogP contribution in [0.4, 0.5) is 10.5 Å². The largest absolute Gasteiger partial charge is 0.343 e. The van der Waals surface area contributed by atoms with Crippen molar-refractivity contribution in [2.45, 2.75) is 0 Å². The normalized spacial score (nSPS) is 10.8. The number of fused-ring (bicyclic) bond motifs is 1. The van der Waals surface area contributed by atoms with Crippen LogP contribution in [-0.2, 0) is 4.84 Å². The summed E-state index contributed by atoms with van der Waals surface area (Å²) in [5, 5.41) is 4.84. The van der Waals surface area contributed by atoms with Gasteiger partial charge >= 0.3 is 11.7 Å². The van der Waals surface area contributed by atoms with Crippen molar-refractivity contribution in [2.75, 3.05) is 12.4 Å². The molecular weight excluding hydrogens is 392 g/mol. The van der Waals surface area contributed by atoms with Gasteiger partial charge in [0.05, 0.1) is 23.9 Å². The van der Waals surface area contributed by atoms with Gasteiger partial charge in [0.25, 0.3) is 5.56 Å². The third-order valence-corrected chi connectivity index (χ3v) is 5.15. The van der Waals surface area contributed by atoms with Crippen LogP contribution in [0, 0.1) is 0 Å². The number of carbonyl (C=O) groups is 1. The van der Waals surface area contributed by atoms with E-state index in [0.717, 1.165) is 4.57 Å². The summed E-state index contributed by atoms with van der Waals surface area (Å²) in [6.45, 7) is 0. The van der Waals surface area contributed by atoms with Gasteiger partial charge in [0.15, 0.2) is 0 Å². The second kappa shape index (κ2) is 7.74. The van der Waals surface area contributed by atoms with Crippen molar-refractivity contribution >= 4 is 33.3 Å². The summed E-state index contributed by atoms with van der Waals surface area (Å²) in [6.07, 6.45) is 0. The molecule has 0 fully saturated rings. The minimum Gasteiger partial charge on any atom is -0.306 e. The maximum absolute atomic E-state index is 13.3. The highest BCUT2D eigenvalue weighted by Gasteiger charge is 2.16. The molecule has 0 atom stereocenters. The van der Waals surface area contributed by atoms with Crippen LogP contribution in [0.3, 0.4) is 0 Å². The van der Waals surface area contributed by atoms with Gasteiger partial charge in [0.1, 0.15) is 4.83 Å². The molecule has 2 amide bonds. The van der Waals surface area contributed by atoms with Crippen molar-refractivity contribution in [3.05, 3.63) is 86.9 Å². The van der Waals surface area contributed by atoms with Crippen LogP contribution >= 0.6 is 11.3 Å². The van der Waals surface area contributed by atoms with E-state index in [9.17, 15) is 14.4 Å². The molecule has 2 heterocycles. The fourth-order valence-corrected chi connectivity index (χ4v) is 3.91. The van der Waals surface area contributed by atoms with Gasteiger partial charge in [-0.15, -0.1) is 11.3 Å².